The first-order chi connectivity index (χ1) is 6.72. The largest absolute Gasteiger partial charge is 0.303 e. The molecule has 0 radical (unpaired) electrons. The maximum Gasteiger partial charge on any atom is 0.138 e. The first-order valence-electron chi connectivity index (χ1n) is 4.22. The fourth-order valence-corrected chi connectivity index (χ4v) is 1.80. The number of pyridine rings is 1. The molecule has 0 N–H and O–H groups in total. The van der Waals surface area contributed by atoms with E-state index in [0.29, 0.717) is 6.42 Å². The second-order valence-electron chi connectivity index (χ2n) is 3.05. The molecule has 2 heterocycles. The molecule has 0 amide bonds. The summed E-state index contributed by atoms with van der Waals surface area (Å²) >= 11 is 3.39. The Labute approximate surface area is 90.1 Å². The Hall–Kier alpha value is -1.34. The van der Waals surface area contributed by atoms with Gasteiger partial charge in [0.2, 0.25) is 0 Å². The second kappa shape index (κ2) is 3.43. The van der Waals surface area contributed by atoms with Crippen molar-refractivity contribution < 1.29 is 0 Å². The van der Waals surface area contributed by atoms with Crippen LogP contribution in [0.4, 0.5) is 0 Å². The zero-order valence-corrected chi connectivity index (χ0v) is 9.24. The van der Waals surface area contributed by atoms with Crippen molar-refractivity contribution in [1.82, 2.24) is 9.38 Å². The van der Waals surface area contributed by atoms with Gasteiger partial charge in [0.05, 0.1) is 23.9 Å². The highest BCUT2D eigenvalue weighted by molar-refractivity contribution is 9.10. The first kappa shape index (κ1) is 9.22. The van der Waals surface area contributed by atoms with Crippen molar-refractivity contribution in [2.24, 2.45) is 0 Å². The van der Waals surface area contributed by atoms with Crippen LogP contribution in [0.1, 0.15) is 11.4 Å². The predicted molar refractivity (Wildman–Crippen MR) is 56.9 cm³/mol. The zero-order valence-electron chi connectivity index (χ0n) is 7.66. The van der Waals surface area contributed by atoms with Gasteiger partial charge in [-0.15, -0.1) is 0 Å². The van der Waals surface area contributed by atoms with Gasteiger partial charge in [-0.05, 0) is 19.1 Å². The molecule has 2 aromatic heterocycles. The molecular formula is C10H8BrN3. The highest BCUT2D eigenvalue weighted by Gasteiger charge is 2.07. The van der Waals surface area contributed by atoms with Gasteiger partial charge in [-0.2, -0.15) is 5.26 Å². The van der Waals surface area contributed by atoms with Gasteiger partial charge in [0, 0.05) is 10.7 Å². The minimum atomic E-state index is 0.397. The number of imidazole rings is 1. The Morgan fingerprint density at radius 3 is 3.14 bits per heavy atom. The summed E-state index contributed by atoms with van der Waals surface area (Å²) in [6.45, 7) is 1.92. The first-order valence-corrected chi connectivity index (χ1v) is 5.01. The van der Waals surface area contributed by atoms with E-state index in [0.717, 1.165) is 21.5 Å². The van der Waals surface area contributed by atoms with Crippen LogP contribution in [0.25, 0.3) is 5.65 Å². The van der Waals surface area contributed by atoms with Crippen molar-refractivity contribution in [3.05, 3.63) is 34.2 Å². The third kappa shape index (κ3) is 1.40. The molecule has 0 bridgehead atoms. The lowest BCUT2D eigenvalue weighted by Crippen LogP contribution is -1.92. The molecule has 0 saturated heterocycles. The summed E-state index contributed by atoms with van der Waals surface area (Å²) in [5, 5.41) is 8.68. The lowest BCUT2D eigenvalue weighted by atomic mass is 10.3. The molecule has 4 heteroatoms. The van der Waals surface area contributed by atoms with Gasteiger partial charge in [-0.3, -0.25) is 0 Å². The number of hydrogen-bond donors (Lipinski definition) is 0. The molecule has 0 spiro atoms. The van der Waals surface area contributed by atoms with Gasteiger partial charge in [0.25, 0.3) is 0 Å². The lowest BCUT2D eigenvalue weighted by molar-refractivity contribution is 1.03. The Kier molecular flexibility index (Phi) is 2.26. The van der Waals surface area contributed by atoms with Crippen LogP contribution in [0, 0.1) is 18.3 Å². The van der Waals surface area contributed by atoms with Crippen molar-refractivity contribution in [2.45, 2.75) is 13.3 Å². The third-order valence-corrected chi connectivity index (χ3v) is 2.63. The molecule has 0 unspecified atom stereocenters. The molecule has 70 valence electrons. The highest BCUT2D eigenvalue weighted by atomic mass is 79.9. The van der Waals surface area contributed by atoms with Crippen LogP contribution in [-0.4, -0.2) is 9.38 Å². The smallest absolute Gasteiger partial charge is 0.138 e. The van der Waals surface area contributed by atoms with E-state index in [-0.39, 0.29) is 0 Å². The quantitative estimate of drug-likeness (QED) is 0.780. The number of fused-ring (bicyclic) bond motifs is 1. The van der Waals surface area contributed by atoms with E-state index in [4.69, 9.17) is 5.26 Å². The number of aromatic nitrogens is 2. The molecular weight excluding hydrogens is 242 g/mol. The summed E-state index contributed by atoms with van der Waals surface area (Å²) < 4.78 is 2.95. The molecule has 0 fully saturated rings. The molecule has 0 aliphatic carbocycles. The summed E-state index contributed by atoms with van der Waals surface area (Å²) in [7, 11) is 0. The fourth-order valence-electron chi connectivity index (χ4n) is 1.48. The van der Waals surface area contributed by atoms with Crippen molar-refractivity contribution in [3.63, 3.8) is 0 Å². The summed E-state index contributed by atoms with van der Waals surface area (Å²) in [6.07, 6.45) is 2.32. The average molecular weight is 250 g/mol. The predicted octanol–water partition coefficient (Wildman–Crippen LogP) is 2.47. The van der Waals surface area contributed by atoms with E-state index < -0.39 is 0 Å². The van der Waals surface area contributed by atoms with Crippen molar-refractivity contribution in [3.8, 4) is 6.07 Å². The molecule has 0 aliphatic heterocycles. The zero-order chi connectivity index (χ0) is 10.1. The topological polar surface area (TPSA) is 41.1 Å². The second-order valence-corrected chi connectivity index (χ2v) is 3.97. The molecule has 3 nitrogen and oxygen atoms in total. The molecule has 14 heavy (non-hydrogen) atoms. The van der Waals surface area contributed by atoms with Crippen LogP contribution in [-0.2, 0) is 6.42 Å². The van der Waals surface area contributed by atoms with Crippen molar-refractivity contribution in [2.75, 3.05) is 0 Å². The van der Waals surface area contributed by atoms with E-state index in [1.807, 2.05) is 29.7 Å². The Morgan fingerprint density at radius 2 is 2.43 bits per heavy atom. The van der Waals surface area contributed by atoms with Crippen LogP contribution in [0.2, 0.25) is 0 Å². The number of aryl methyl sites for hydroxylation is 1. The van der Waals surface area contributed by atoms with E-state index >= 15 is 0 Å². The lowest BCUT2D eigenvalue weighted by Gasteiger charge is -1.97. The molecule has 0 saturated carbocycles. The highest BCUT2D eigenvalue weighted by Crippen LogP contribution is 2.16. The number of hydrogen-bond acceptors (Lipinski definition) is 2. The summed E-state index contributed by atoms with van der Waals surface area (Å²) in [6, 6.07) is 6.02. The van der Waals surface area contributed by atoms with Gasteiger partial charge in [0.1, 0.15) is 5.65 Å². The van der Waals surface area contributed by atoms with Crippen molar-refractivity contribution >= 4 is 21.6 Å². The third-order valence-electron chi connectivity index (χ3n) is 2.13. The standard InChI is InChI=1S/C10H8BrN3/c1-7-9(2-4-12)14-5-3-8(11)6-10(14)13-7/h3,5-6H,2H2,1H3. The van der Waals surface area contributed by atoms with E-state index in [1.165, 1.54) is 0 Å². The number of halogens is 1. The van der Waals surface area contributed by atoms with Gasteiger partial charge in [-0.25, -0.2) is 4.98 Å². The van der Waals surface area contributed by atoms with Crippen LogP contribution in [0.15, 0.2) is 22.8 Å². The summed E-state index contributed by atoms with van der Waals surface area (Å²) in [5.41, 5.74) is 2.77. The maximum absolute atomic E-state index is 8.68. The molecule has 0 aromatic carbocycles. The average Bonchev–Trinajstić information content (AvgIpc) is 2.43. The number of rotatable bonds is 1. The van der Waals surface area contributed by atoms with Crippen LogP contribution < -0.4 is 0 Å². The van der Waals surface area contributed by atoms with Gasteiger partial charge >= 0.3 is 0 Å². The normalized spacial score (nSPS) is 10.4. The maximum atomic E-state index is 8.68. The summed E-state index contributed by atoms with van der Waals surface area (Å²) in [4.78, 5) is 4.37. The van der Waals surface area contributed by atoms with Gasteiger partial charge < -0.3 is 4.40 Å². The molecule has 0 atom stereocenters. The van der Waals surface area contributed by atoms with Gasteiger partial charge in [0.15, 0.2) is 0 Å². The van der Waals surface area contributed by atoms with E-state index in [2.05, 4.69) is 27.0 Å². The van der Waals surface area contributed by atoms with Crippen LogP contribution in [0.3, 0.4) is 0 Å². The van der Waals surface area contributed by atoms with Crippen LogP contribution in [0.5, 0.6) is 0 Å². The molecule has 0 aliphatic rings. The minimum absolute atomic E-state index is 0.397. The number of nitriles is 1. The Morgan fingerprint density at radius 1 is 1.64 bits per heavy atom. The Bertz CT molecular complexity index is 522. The van der Waals surface area contributed by atoms with E-state index in [9.17, 15) is 0 Å². The SMILES string of the molecule is Cc1nc2cc(Br)ccn2c1CC#N. The van der Waals surface area contributed by atoms with Gasteiger partial charge in [-0.1, -0.05) is 15.9 Å². The summed E-state index contributed by atoms with van der Waals surface area (Å²) in [5.74, 6) is 0. The fraction of sp³-hybridized carbons (Fsp3) is 0.200. The van der Waals surface area contributed by atoms with Crippen LogP contribution >= 0.6 is 15.9 Å². The minimum Gasteiger partial charge on any atom is -0.303 e. The van der Waals surface area contributed by atoms with E-state index in [1.54, 1.807) is 0 Å². The Balaban J connectivity index is 2.72. The van der Waals surface area contributed by atoms with Crippen molar-refractivity contribution in [1.29, 1.82) is 5.26 Å². The molecule has 2 rings (SSSR count). The molecule has 2 aromatic rings. The number of nitrogens with zero attached hydrogens (tertiary/aromatic N) is 3. The monoisotopic (exact) mass is 249 g/mol.